The summed E-state index contributed by atoms with van der Waals surface area (Å²) in [4.78, 5) is 12.1. The smallest absolute Gasteiger partial charge is 0.253 e. The van der Waals surface area contributed by atoms with Crippen molar-refractivity contribution in [1.29, 1.82) is 0 Å². The van der Waals surface area contributed by atoms with Crippen molar-refractivity contribution in [3.8, 4) is 0 Å². The number of rotatable bonds is 6. The number of hydrogen-bond acceptors (Lipinski definition) is 3. The largest absolute Gasteiger partial charge is 0.398 e. The first kappa shape index (κ1) is 13.9. The number of ether oxygens (including phenoxy) is 1. The maximum absolute atomic E-state index is 12.1. The lowest BCUT2D eigenvalue weighted by molar-refractivity contribution is 0.0938. The molecule has 1 aromatic rings. The highest BCUT2D eigenvalue weighted by molar-refractivity contribution is 5.99. The lowest BCUT2D eigenvalue weighted by Gasteiger charge is -2.16. The van der Waals surface area contributed by atoms with Gasteiger partial charge in [0.1, 0.15) is 0 Å². The molecule has 0 atom stereocenters. The molecule has 1 amide bonds. The average Bonchev–Trinajstić information content (AvgIpc) is 3.17. The van der Waals surface area contributed by atoms with Crippen molar-refractivity contribution in [3.63, 3.8) is 0 Å². The third kappa shape index (κ3) is 3.26. The number of hydrogen-bond donors (Lipinski definition) is 2. The highest BCUT2D eigenvalue weighted by Gasteiger charge is 2.42. The molecule has 1 aliphatic rings. The van der Waals surface area contributed by atoms with Crippen LogP contribution in [0.5, 0.6) is 0 Å². The van der Waals surface area contributed by atoms with Crippen LogP contribution < -0.4 is 11.1 Å². The first-order valence-corrected chi connectivity index (χ1v) is 6.70. The van der Waals surface area contributed by atoms with Crippen LogP contribution in [0.1, 0.15) is 35.2 Å². The molecular weight excluding hydrogens is 240 g/mol. The van der Waals surface area contributed by atoms with E-state index >= 15 is 0 Å². The summed E-state index contributed by atoms with van der Waals surface area (Å²) < 4.78 is 5.11. The maximum Gasteiger partial charge on any atom is 0.253 e. The van der Waals surface area contributed by atoms with Crippen LogP contribution in [0.2, 0.25) is 0 Å². The van der Waals surface area contributed by atoms with Crippen LogP contribution >= 0.6 is 0 Å². The maximum atomic E-state index is 12.1. The predicted octanol–water partition coefficient (Wildman–Crippen LogP) is 2.12. The van der Waals surface area contributed by atoms with Gasteiger partial charge in [-0.2, -0.15) is 0 Å². The van der Waals surface area contributed by atoms with Crippen LogP contribution in [0.15, 0.2) is 18.2 Å². The number of nitrogens with one attached hydrogen (secondary N) is 1. The number of benzene rings is 1. The van der Waals surface area contributed by atoms with Crippen molar-refractivity contribution >= 4 is 11.6 Å². The topological polar surface area (TPSA) is 64.3 Å². The SMILES string of the molecule is COCCC1(CNC(=O)c2cccc(C)c2N)CC1. The van der Waals surface area contributed by atoms with Gasteiger partial charge in [-0.25, -0.2) is 0 Å². The molecule has 19 heavy (non-hydrogen) atoms. The number of methoxy groups -OCH3 is 1. The van der Waals surface area contributed by atoms with Gasteiger partial charge in [-0.1, -0.05) is 12.1 Å². The van der Waals surface area contributed by atoms with Crippen LogP contribution in [0.25, 0.3) is 0 Å². The minimum Gasteiger partial charge on any atom is -0.398 e. The number of amides is 1. The minimum absolute atomic E-state index is 0.0788. The molecule has 1 aromatic carbocycles. The molecule has 2 rings (SSSR count). The van der Waals surface area contributed by atoms with Gasteiger partial charge in [-0.3, -0.25) is 4.79 Å². The molecule has 0 saturated heterocycles. The van der Waals surface area contributed by atoms with Crippen molar-refractivity contribution in [3.05, 3.63) is 29.3 Å². The Morgan fingerprint density at radius 1 is 1.47 bits per heavy atom. The van der Waals surface area contributed by atoms with Crippen LogP contribution in [0, 0.1) is 12.3 Å². The quantitative estimate of drug-likeness (QED) is 0.772. The predicted molar refractivity (Wildman–Crippen MR) is 76.1 cm³/mol. The van der Waals surface area contributed by atoms with Crippen LogP contribution in [0.3, 0.4) is 0 Å². The Morgan fingerprint density at radius 3 is 2.84 bits per heavy atom. The zero-order chi connectivity index (χ0) is 13.9. The van der Waals surface area contributed by atoms with E-state index in [-0.39, 0.29) is 11.3 Å². The number of nitrogens with two attached hydrogens (primary N) is 1. The van der Waals surface area contributed by atoms with E-state index < -0.39 is 0 Å². The van der Waals surface area contributed by atoms with Gasteiger partial charge in [0.15, 0.2) is 0 Å². The van der Waals surface area contributed by atoms with Gasteiger partial charge in [-0.05, 0) is 43.2 Å². The van der Waals surface area contributed by atoms with Crippen LogP contribution in [-0.2, 0) is 4.74 Å². The number of para-hydroxylation sites is 1. The van der Waals surface area contributed by atoms with Gasteiger partial charge in [0.2, 0.25) is 0 Å². The minimum atomic E-state index is -0.0788. The van der Waals surface area contributed by atoms with Gasteiger partial charge in [0.05, 0.1) is 5.56 Å². The summed E-state index contributed by atoms with van der Waals surface area (Å²) in [6.07, 6.45) is 3.34. The molecule has 0 aromatic heterocycles. The van der Waals surface area contributed by atoms with Crippen molar-refractivity contribution in [2.45, 2.75) is 26.2 Å². The highest BCUT2D eigenvalue weighted by Crippen LogP contribution is 2.48. The first-order valence-electron chi connectivity index (χ1n) is 6.70. The van der Waals surface area contributed by atoms with E-state index in [1.54, 1.807) is 13.2 Å². The van der Waals surface area contributed by atoms with Crippen molar-refractivity contribution < 1.29 is 9.53 Å². The zero-order valence-electron chi connectivity index (χ0n) is 11.7. The van der Waals surface area contributed by atoms with E-state index in [0.717, 1.165) is 18.6 Å². The van der Waals surface area contributed by atoms with Gasteiger partial charge in [0.25, 0.3) is 5.91 Å². The molecule has 1 saturated carbocycles. The van der Waals surface area contributed by atoms with Gasteiger partial charge < -0.3 is 15.8 Å². The Morgan fingerprint density at radius 2 is 2.21 bits per heavy atom. The van der Waals surface area contributed by atoms with Gasteiger partial charge in [0, 0.05) is 25.9 Å². The molecule has 0 radical (unpaired) electrons. The second-order valence-electron chi connectivity index (χ2n) is 5.46. The second kappa shape index (κ2) is 5.61. The molecule has 0 heterocycles. The Bertz CT molecular complexity index is 467. The third-order valence-electron chi connectivity index (χ3n) is 3.99. The number of nitrogen functional groups attached to an aromatic ring is 1. The Balaban J connectivity index is 1.93. The standard InChI is InChI=1S/C15H22N2O2/c1-11-4-3-5-12(13(11)16)14(18)17-10-15(6-7-15)8-9-19-2/h3-5H,6-10,16H2,1-2H3,(H,17,18). The molecule has 1 aliphatic carbocycles. The molecule has 3 N–H and O–H groups in total. The van der Waals surface area contributed by atoms with Crippen molar-refractivity contribution in [2.75, 3.05) is 26.0 Å². The molecule has 0 spiro atoms. The molecule has 0 unspecified atom stereocenters. The Labute approximate surface area is 114 Å². The van der Waals surface area contributed by atoms with Crippen LogP contribution in [-0.4, -0.2) is 26.2 Å². The lowest BCUT2D eigenvalue weighted by Crippen LogP contribution is -2.31. The fourth-order valence-electron chi connectivity index (χ4n) is 2.25. The van der Waals surface area contributed by atoms with Crippen LogP contribution in [0.4, 0.5) is 5.69 Å². The Hall–Kier alpha value is -1.55. The Kier molecular flexibility index (Phi) is 4.10. The van der Waals surface area contributed by atoms with E-state index in [1.807, 2.05) is 19.1 Å². The summed E-state index contributed by atoms with van der Waals surface area (Å²) in [5.41, 5.74) is 8.27. The number of carbonyl (C=O) groups excluding carboxylic acids is 1. The van der Waals surface area contributed by atoms with E-state index in [2.05, 4.69) is 5.32 Å². The number of carbonyl (C=O) groups is 1. The van der Waals surface area contributed by atoms with E-state index in [4.69, 9.17) is 10.5 Å². The highest BCUT2D eigenvalue weighted by atomic mass is 16.5. The fourth-order valence-corrected chi connectivity index (χ4v) is 2.25. The summed E-state index contributed by atoms with van der Waals surface area (Å²) in [5, 5.41) is 3.00. The lowest BCUT2D eigenvalue weighted by atomic mass is 10.0. The third-order valence-corrected chi connectivity index (χ3v) is 3.99. The monoisotopic (exact) mass is 262 g/mol. The molecule has 0 aliphatic heterocycles. The fraction of sp³-hybridized carbons (Fsp3) is 0.533. The molecule has 104 valence electrons. The summed E-state index contributed by atoms with van der Waals surface area (Å²) in [7, 11) is 1.71. The normalized spacial score (nSPS) is 16.1. The molecule has 0 bridgehead atoms. The second-order valence-corrected chi connectivity index (χ2v) is 5.46. The summed E-state index contributed by atoms with van der Waals surface area (Å²) in [5.74, 6) is -0.0788. The number of aryl methyl sites for hydroxylation is 1. The van der Waals surface area contributed by atoms with Gasteiger partial charge in [-0.15, -0.1) is 0 Å². The van der Waals surface area contributed by atoms with Gasteiger partial charge >= 0.3 is 0 Å². The summed E-state index contributed by atoms with van der Waals surface area (Å²) >= 11 is 0. The zero-order valence-corrected chi connectivity index (χ0v) is 11.7. The molecule has 4 heteroatoms. The number of anilines is 1. The molecule has 4 nitrogen and oxygen atoms in total. The van der Waals surface area contributed by atoms with Crippen molar-refractivity contribution in [1.82, 2.24) is 5.32 Å². The first-order chi connectivity index (χ1) is 9.08. The van der Waals surface area contributed by atoms with E-state index in [1.165, 1.54) is 12.8 Å². The van der Waals surface area contributed by atoms with E-state index in [9.17, 15) is 4.79 Å². The van der Waals surface area contributed by atoms with E-state index in [0.29, 0.717) is 17.8 Å². The summed E-state index contributed by atoms with van der Waals surface area (Å²) in [6, 6.07) is 5.54. The van der Waals surface area contributed by atoms with Crippen molar-refractivity contribution in [2.24, 2.45) is 5.41 Å². The summed E-state index contributed by atoms with van der Waals surface area (Å²) in [6.45, 7) is 3.37. The average molecular weight is 262 g/mol. The molecular formula is C15H22N2O2. The molecule has 1 fully saturated rings.